The number of piperidine rings is 3. The highest BCUT2D eigenvalue weighted by Gasteiger charge is 2.33. The lowest BCUT2D eigenvalue weighted by Gasteiger charge is -2.45. The molecule has 3 saturated heterocycles. The molecule has 3 heterocycles. The van der Waals surface area contributed by atoms with E-state index in [0.717, 1.165) is 10.4 Å². The highest BCUT2D eigenvalue weighted by molar-refractivity contribution is 9.10. The number of nitrogens with one attached hydrogen (secondary N) is 1. The van der Waals surface area contributed by atoms with E-state index in [4.69, 9.17) is 0 Å². The van der Waals surface area contributed by atoms with Crippen molar-refractivity contribution in [1.82, 2.24) is 4.90 Å². The Hall–Kier alpha value is -0.540. The molecule has 86 valence electrons. The molecule has 0 spiro atoms. The lowest BCUT2D eigenvalue weighted by atomic mass is 9.84. The fourth-order valence-corrected chi connectivity index (χ4v) is 3.15. The van der Waals surface area contributed by atoms with Crippen molar-refractivity contribution in [3.05, 3.63) is 28.7 Å². The van der Waals surface area contributed by atoms with Crippen LogP contribution in [0.5, 0.6) is 0 Å². The van der Waals surface area contributed by atoms with Gasteiger partial charge in [0.25, 0.3) is 0 Å². The third kappa shape index (κ3) is 2.11. The molecule has 1 unspecified atom stereocenters. The summed E-state index contributed by atoms with van der Waals surface area (Å²) in [7, 11) is 0. The molecule has 1 aromatic rings. The second kappa shape index (κ2) is 4.38. The number of fused-ring (bicyclic) bond motifs is 3. The summed E-state index contributed by atoms with van der Waals surface area (Å²) in [5.74, 6) is 0.883. The average molecular weight is 281 g/mol. The van der Waals surface area contributed by atoms with E-state index in [0.29, 0.717) is 6.04 Å². The van der Waals surface area contributed by atoms with Gasteiger partial charge in [0.1, 0.15) is 0 Å². The van der Waals surface area contributed by atoms with E-state index in [-0.39, 0.29) is 0 Å². The van der Waals surface area contributed by atoms with Crippen molar-refractivity contribution in [3.63, 3.8) is 0 Å². The highest BCUT2D eigenvalue weighted by Crippen LogP contribution is 2.29. The second-order valence-corrected chi connectivity index (χ2v) is 5.81. The van der Waals surface area contributed by atoms with Crippen LogP contribution >= 0.6 is 15.9 Å². The van der Waals surface area contributed by atoms with E-state index >= 15 is 0 Å². The Morgan fingerprint density at radius 2 is 1.81 bits per heavy atom. The van der Waals surface area contributed by atoms with Gasteiger partial charge in [0.2, 0.25) is 0 Å². The Balaban J connectivity index is 1.68. The Bertz CT molecular complexity index is 355. The van der Waals surface area contributed by atoms with Gasteiger partial charge in [-0.2, -0.15) is 0 Å². The highest BCUT2D eigenvalue weighted by atomic mass is 79.9. The Kier molecular flexibility index (Phi) is 2.90. The van der Waals surface area contributed by atoms with Crippen molar-refractivity contribution < 1.29 is 0 Å². The van der Waals surface area contributed by atoms with Crippen LogP contribution in [0.4, 0.5) is 5.69 Å². The van der Waals surface area contributed by atoms with Crippen molar-refractivity contribution in [2.45, 2.75) is 18.9 Å². The van der Waals surface area contributed by atoms with Gasteiger partial charge in [-0.15, -0.1) is 0 Å². The summed E-state index contributed by atoms with van der Waals surface area (Å²) in [4.78, 5) is 2.58. The van der Waals surface area contributed by atoms with Gasteiger partial charge >= 0.3 is 0 Å². The maximum Gasteiger partial charge on any atom is 0.0417 e. The smallest absolute Gasteiger partial charge is 0.0417 e. The summed E-state index contributed by atoms with van der Waals surface area (Å²) in [5.41, 5.74) is 1.25. The topological polar surface area (TPSA) is 15.3 Å². The first-order valence-corrected chi connectivity index (χ1v) is 6.85. The normalized spacial score (nSPS) is 32.7. The summed E-state index contributed by atoms with van der Waals surface area (Å²) in [6.07, 6.45) is 2.74. The summed E-state index contributed by atoms with van der Waals surface area (Å²) in [5, 5.41) is 3.68. The zero-order chi connectivity index (χ0) is 11.0. The summed E-state index contributed by atoms with van der Waals surface area (Å²) in [6.45, 7) is 3.84. The van der Waals surface area contributed by atoms with E-state index < -0.39 is 0 Å². The average Bonchev–Trinajstić information content (AvgIpc) is 2.34. The van der Waals surface area contributed by atoms with Crippen LogP contribution in [0.3, 0.4) is 0 Å². The minimum atomic E-state index is 0.656. The van der Waals surface area contributed by atoms with Gasteiger partial charge in [-0.05, 0) is 56.1 Å². The van der Waals surface area contributed by atoms with Gasteiger partial charge in [-0.1, -0.05) is 15.9 Å². The maximum atomic E-state index is 3.68. The Morgan fingerprint density at radius 3 is 2.38 bits per heavy atom. The van der Waals surface area contributed by atoms with Crippen LogP contribution in [-0.4, -0.2) is 30.6 Å². The molecule has 1 aromatic carbocycles. The first-order valence-electron chi connectivity index (χ1n) is 6.06. The third-order valence-electron chi connectivity index (χ3n) is 3.85. The Labute approximate surface area is 105 Å². The number of hydrogen-bond acceptors (Lipinski definition) is 2. The van der Waals surface area contributed by atoms with E-state index in [1.54, 1.807) is 0 Å². The first-order chi connectivity index (χ1) is 7.81. The predicted molar refractivity (Wildman–Crippen MR) is 70.7 cm³/mol. The summed E-state index contributed by atoms with van der Waals surface area (Å²) < 4.78 is 1.15. The van der Waals surface area contributed by atoms with Gasteiger partial charge < -0.3 is 10.2 Å². The molecule has 2 bridgehead atoms. The van der Waals surface area contributed by atoms with Crippen molar-refractivity contribution in [2.75, 3.05) is 25.0 Å². The molecule has 0 saturated carbocycles. The number of halogens is 1. The Morgan fingerprint density at radius 1 is 1.12 bits per heavy atom. The summed E-state index contributed by atoms with van der Waals surface area (Å²) in [6, 6.07) is 9.17. The van der Waals surface area contributed by atoms with Crippen LogP contribution < -0.4 is 5.32 Å². The lowest BCUT2D eigenvalue weighted by Crippen LogP contribution is -2.53. The molecule has 3 aliphatic heterocycles. The number of rotatable bonds is 2. The molecule has 1 N–H and O–H groups in total. The zero-order valence-corrected chi connectivity index (χ0v) is 10.9. The van der Waals surface area contributed by atoms with E-state index in [1.165, 1.54) is 38.2 Å². The third-order valence-corrected chi connectivity index (χ3v) is 4.38. The molecule has 0 aromatic heterocycles. The quantitative estimate of drug-likeness (QED) is 0.896. The lowest BCUT2D eigenvalue weighted by molar-refractivity contribution is 0.0975. The van der Waals surface area contributed by atoms with Crippen molar-refractivity contribution in [2.24, 2.45) is 5.92 Å². The number of nitrogens with zero attached hydrogens (tertiary/aromatic N) is 1. The second-order valence-electron chi connectivity index (χ2n) is 4.90. The van der Waals surface area contributed by atoms with Crippen molar-refractivity contribution in [3.8, 4) is 0 Å². The molecule has 3 heteroatoms. The van der Waals surface area contributed by atoms with Gasteiger partial charge in [-0.25, -0.2) is 0 Å². The van der Waals surface area contributed by atoms with Crippen LogP contribution in [0.1, 0.15) is 12.8 Å². The SMILES string of the molecule is Brc1ccc(NC2CN3CCC2CC3)cc1. The van der Waals surface area contributed by atoms with Crippen LogP contribution in [0.2, 0.25) is 0 Å². The molecule has 1 atom stereocenters. The van der Waals surface area contributed by atoms with Crippen molar-refractivity contribution >= 4 is 21.6 Å². The fraction of sp³-hybridized carbons (Fsp3) is 0.538. The number of anilines is 1. The minimum absolute atomic E-state index is 0.656. The van der Waals surface area contributed by atoms with E-state index in [9.17, 15) is 0 Å². The fourth-order valence-electron chi connectivity index (χ4n) is 2.89. The number of benzene rings is 1. The van der Waals surface area contributed by atoms with Gasteiger partial charge in [0, 0.05) is 22.7 Å². The van der Waals surface area contributed by atoms with Crippen LogP contribution in [0.15, 0.2) is 28.7 Å². The largest absolute Gasteiger partial charge is 0.381 e. The van der Waals surface area contributed by atoms with Gasteiger partial charge in [0.15, 0.2) is 0 Å². The van der Waals surface area contributed by atoms with Gasteiger partial charge in [0.05, 0.1) is 0 Å². The molecule has 0 radical (unpaired) electrons. The monoisotopic (exact) mass is 280 g/mol. The molecule has 3 aliphatic rings. The first kappa shape index (κ1) is 10.6. The molecule has 3 fully saturated rings. The number of hydrogen-bond donors (Lipinski definition) is 1. The van der Waals surface area contributed by atoms with Gasteiger partial charge in [-0.3, -0.25) is 0 Å². The van der Waals surface area contributed by atoms with Crippen LogP contribution in [0, 0.1) is 5.92 Å². The van der Waals surface area contributed by atoms with E-state index in [2.05, 4.69) is 50.4 Å². The zero-order valence-electron chi connectivity index (χ0n) is 9.32. The maximum absolute atomic E-state index is 3.68. The van der Waals surface area contributed by atoms with Crippen LogP contribution in [0.25, 0.3) is 0 Å². The standard InChI is InChI=1S/C13H17BrN2/c14-11-1-3-12(4-2-11)15-13-9-16-7-5-10(13)6-8-16/h1-4,10,13,15H,5-9H2. The molecule has 4 rings (SSSR count). The molecule has 16 heavy (non-hydrogen) atoms. The van der Waals surface area contributed by atoms with Crippen LogP contribution in [-0.2, 0) is 0 Å². The van der Waals surface area contributed by atoms with E-state index in [1.807, 2.05) is 0 Å². The predicted octanol–water partition coefficient (Wildman–Crippen LogP) is 2.96. The molecule has 0 amide bonds. The van der Waals surface area contributed by atoms with Crippen molar-refractivity contribution in [1.29, 1.82) is 0 Å². The molecular formula is C13H17BrN2. The molecule has 0 aliphatic carbocycles. The molecular weight excluding hydrogens is 264 g/mol. The minimum Gasteiger partial charge on any atom is -0.381 e. The summed E-state index contributed by atoms with van der Waals surface area (Å²) >= 11 is 3.47. The molecule has 2 nitrogen and oxygen atoms in total.